The van der Waals surface area contributed by atoms with Gasteiger partial charge in [0.25, 0.3) is 0 Å². The highest BCUT2D eigenvalue weighted by Gasteiger charge is 2.28. The fourth-order valence-electron chi connectivity index (χ4n) is 1.65. The van der Waals surface area contributed by atoms with Crippen LogP contribution in [0.15, 0.2) is 17.5 Å². The van der Waals surface area contributed by atoms with Crippen LogP contribution in [-0.2, 0) is 11.3 Å². The molecule has 76 valence electrons. The Labute approximate surface area is 87.7 Å². The van der Waals surface area contributed by atoms with Crippen LogP contribution < -0.4 is 5.32 Å². The van der Waals surface area contributed by atoms with Crippen molar-refractivity contribution in [3.63, 3.8) is 0 Å². The van der Waals surface area contributed by atoms with E-state index in [0.717, 1.165) is 19.5 Å². The van der Waals surface area contributed by atoms with E-state index in [0.29, 0.717) is 0 Å². The van der Waals surface area contributed by atoms with Gasteiger partial charge in [0, 0.05) is 25.0 Å². The highest BCUT2D eigenvalue weighted by Crippen LogP contribution is 2.12. The zero-order chi connectivity index (χ0) is 9.97. The Kier molecular flexibility index (Phi) is 2.84. The van der Waals surface area contributed by atoms with E-state index in [1.54, 1.807) is 16.2 Å². The molecule has 2 rings (SSSR count). The van der Waals surface area contributed by atoms with E-state index in [9.17, 15) is 4.79 Å². The summed E-state index contributed by atoms with van der Waals surface area (Å²) in [7, 11) is 1.86. The SMILES string of the molecule is CN1CC[C@H](NCc2cccs2)C1=O. The average molecular weight is 210 g/mol. The molecule has 4 heteroatoms. The lowest BCUT2D eigenvalue weighted by Crippen LogP contribution is -2.36. The number of rotatable bonds is 3. The first-order valence-electron chi connectivity index (χ1n) is 4.78. The van der Waals surface area contributed by atoms with Gasteiger partial charge in [-0.2, -0.15) is 0 Å². The van der Waals surface area contributed by atoms with Crippen molar-refractivity contribution in [2.24, 2.45) is 0 Å². The molecular weight excluding hydrogens is 196 g/mol. The third kappa shape index (κ3) is 1.96. The number of likely N-dealkylation sites (tertiary alicyclic amines) is 1. The summed E-state index contributed by atoms with van der Waals surface area (Å²) >= 11 is 1.72. The van der Waals surface area contributed by atoms with E-state index in [4.69, 9.17) is 0 Å². The largest absolute Gasteiger partial charge is 0.344 e. The number of carbonyl (C=O) groups excluding carboxylic acids is 1. The molecule has 0 radical (unpaired) electrons. The van der Waals surface area contributed by atoms with Crippen molar-refractivity contribution < 1.29 is 4.79 Å². The number of amides is 1. The van der Waals surface area contributed by atoms with Crippen molar-refractivity contribution in [2.45, 2.75) is 19.0 Å². The smallest absolute Gasteiger partial charge is 0.239 e. The Morgan fingerprint density at radius 2 is 2.57 bits per heavy atom. The summed E-state index contributed by atoms with van der Waals surface area (Å²) in [6.07, 6.45) is 0.931. The predicted octanol–water partition coefficient (Wildman–Crippen LogP) is 1.07. The molecule has 0 bridgehead atoms. The Balaban J connectivity index is 1.84. The zero-order valence-corrected chi connectivity index (χ0v) is 9.01. The van der Waals surface area contributed by atoms with Crippen LogP contribution in [0.25, 0.3) is 0 Å². The molecule has 1 N–H and O–H groups in total. The van der Waals surface area contributed by atoms with E-state index in [1.807, 2.05) is 13.1 Å². The second-order valence-electron chi connectivity index (χ2n) is 3.56. The summed E-state index contributed by atoms with van der Waals surface area (Å²) < 4.78 is 0. The molecule has 1 aliphatic heterocycles. The molecule has 0 spiro atoms. The van der Waals surface area contributed by atoms with Gasteiger partial charge in [-0.3, -0.25) is 4.79 Å². The fraction of sp³-hybridized carbons (Fsp3) is 0.500. The van der Waals surface area contributed by atoms with Crippen LogP contribution in [0.4, 0.5) is 0 Å². The van der Waals surface area contributed by atoms with Gasteiger partial charge in [-0.1, -0.05) is 6.07 Å². The first-order chi connectivity index (χ1) is 6.77. The van der Waals surface area contributed by atoms with Crippen molar-refractivity contribution >= 4 is 17.2 Å². The molecular formula is C10H14N2OS. The molecule has 14 heavy (non-hydrogen) atoms. The topological polar surface area (TPSA) is 32.3 Å². The molecule has 1 amide bonds. The summed E-state index contributed by atoms with van der Waals surface area (Å²) in [5.41, 5.74) is 0. The van der Waals surface area contributed by atoms with Gasteiger partial charge in [0.05, 0.1) is 6.04 Å². The zero-order valence-electron chi connectivity index (χ0n) is 8.19. The van der Waals surface area contributed by atoms with Crippen molar-refractivity contribution in [1.82, 2.24) is 10.2 Å². The highest BCUT2D eigenvalue weighted by molar-refractivity contribution is 7.09. The van der Waals surface area contributed by atoms with Crippen molar-refractivity contribution in [2.75, 3.05) is 13.6 Å². The summed E-state index contributed by atoms with van der Waals surface area (Å²) in [5, 5.41) is 5.34. The summed E-state index contributed by atoms with van der Waals surface area (Å²) in [4.78, 5) is 14.6. The van der Waals surface area contributed by atoms with Gasteiger partial charge < -0.3 is 10.2 Å². The summed E-state index contributed by atoms with van der Waals surface area (Å²) in [5.74, 6) is 0.224. The van der Waals surface area contributed by atoms with Crippen molar-refractivity contribution in [3.8, 4) is 0 Å². The summed E-state index contributed by atoms with van der Waals surface area (Å²) in [6.45, 7) is 1.68. The van der Waals surface area contributed by atoms with Gasteiger partial charge in [-0.15, -0.1) is 11.3 Å². The fourth-order valence-corrected chi connectivity index (χ4v) is 2.30. The van der Waals surface area contributed by atoms with Gasteiger partial charge in [0.1, 0.15) is 0 Å². The maximum absolute atomic E-state index is 11.5. The molecule has 1 atom stereocenters. The second kappa shape index (κ2) is 4.11. The normalized spacial score (nSPS) is 21.9. The third-order valence-electron chi connectivity index (χ3n) is 2.53. The van der Waals surface area contributed by atoms with Crippen molar-refractivity contribution in [1.29, 1.82) is 0 Å². The number of hydrogen-bond donors (Lipinski definition) is 1. The minimum Gasteiger partial charge on any atom is -0.344 e. The minimum absolute atomic E-state index is 0.0297. The molecule has 3 nitrogen and oxygen atoms in total. The lowest BCUT2D eigenvalue weighted by molar-refractivity contribution is -0.128. The van der Waals surface area contributed by atoms with Crippen LogP contribution in [0.3, 0.4) is 0 Å². The number of nitrogens with zero attached hydrogens (tertiary/aromatic N) is 1. The van der Waals surface area contributed by atoms with E-state index >= 15 is 0 Å². The lowest BCUT2D eigenvalue weighted by atomic mass is 10.2. The molecule has 1 saturated heterocycles. The van der Waals surface area contributed by atoms with E-state index < -0.39 is 0 Å². The van der Waals surface area contributed by atoms with Gasteiger partial charge in [0.15, 0.2) is 0 Å². The second-order valence-corrected chi connectivity index (χ2v) is 4.59. The maximum Gasteiger partial charge on any atom is 0.239 e. The Morgan fingerprint density at radius 1 is 1.71 bits per heavy atom. The standard InChI is InChI=1S/C10H14N2OS/c1-12-5-4-9(10(12)13)11-7-8-3-2-6-14-8/h2-3,6,9,11H,4-5,7H2,1H3/t9-/m0/s1. The molecule has 0 aromatic carbocycles. The maximum atomic E-state index is 11.5. The molecule has 0 unspecified atom stereocenters. The first kappa shape index (κ1) is 9.68. The number of nitrogens with one attached hydrogen (secondary N) is 1. The van der Waals surface area contributed by atoms with Crippen molar-refractivity contribution in [3.05, 3.63) is 22.4 Å². The monoisotopic (exact) mass is 210 g/mol. The number of thiophene rings is 1. The predicted molar refractivity (Wildman–Crippen MR) is 57.2 cm³/mol. The van der Waals surface area contributed by atoms with E-state index in [1.165, 1.54) is 4.88 Å². The molecule has 2 heterocycles. The van der Waals surface area contributed by atoms with Crippen LogP contribution in [0.2, 0.25) is 0 Å². The Morgan fingerprint density at radius 3 is 3.14 bits per heavy atom. The van der Waals surface area contributed by atoms with E-state index in [2.05, 4.69) is 16.8 Å². The average Bonchev–Trinajstić information content (AvgIpc) is 2.77. The van der Waals surface area contributed by atoms with Gasteiger partial charge in [0.2, 0.25) is 5.91 Å². The third-order valence-corrected chi connectivity index (χ3v) is 3.41. The molecule has 1 aromatic heterocycles. The molecule has 0 saturated carbocycles. The first-order valence-corrected chi connectivity index (χ1v) is 5.66. The minimum atomic E-state index is 0.0297. The number of hydrogen-bond acceptors (Lipinski definition) is 3. The van der Waals surface area contributed by atoms with Crippen LogP contribution >= 0.6 is 11.3 Å². The van der Waals surface area contributed by atoms with Gasteiger partial charge in [-0.25, -0.2) is 0 Å². The molecule has 1 fully saturated rings. The van der Waals surface area contributed by atoms with Crippen LogP contribution in [0.5, 0.6) is 0 Å². The Bertz CT molecular complexity index is 310. The van der Waals surface area contributed by atoms with Gasteiger partial charge in [-0.05, 0) is 17.9 Å². The van der Waals surface area contributed by atoms with Gasteiger partial charge >= 0.3 is 0 Å². The number of carbonyl (C=O) groups is 1. The van der Waals surface area contributed by atoms with Crippen LogP contribution in [0.1, 0.15) is 11.3 Å². The van der Waals surface area contributed by atoms with E-state index in [-0.39, 0.29) is 11.9 Å². The molecule has 1 aromatic rings. The lowest BCUT2D eigenvalue weighted by Gasteiger charge is -2.11. The highest BCUT2D eigenvalue weighted by atomic mass is 32.1. The Hall–Kier alpha value is -0.870. The summed E-state index contributed by atoms with van der Waals surface area (Å²) in [6, 6.07) is 4.15. The molecule has 1 aliphatic rings. The quantitative estimate of drug-likeness (QED) is 0.809. The molecule has 0 aliphatic carbocycles. The van der Waals surface area contributed by atoms with Crippen LogP contribution in [0, 0.1) is 0 Å². The number of likely N-dealkylation sites (N-methyl/N-ethyl adjacent to an activating group) is 1. The van der Waals surface area contributed by atoms with Crippen LogP contribution in [-0.4, -0.2) is 30.4 Å².